The number of nitriles is 1. The van der Waals surface area contributed by atoms with E-state index in [0.717, 1.165) is 6.07 Å². The molecule has 1 aliphatic rings. The van der Waals surface area contributed by atoms with Crippen molar-refractivity contribution in [3.63, 3.8) is 0 Å². The molecular formula is C15H11ClF3N3. The summed E-state index contributed by atoms with van der Waals surface area (Å²) in [6.07, 6.45) is -4.56. The molecule has 1 N–H and O–H groups in total. The third-order valence-electron chi connectivity index (χ3n) is 3.46. The highest BCUT2D eigenvalue weighted by Crippen LogP contribution is 2.36. The summed E-state index contributed by atoms with van der Waals surface area (Å²) in [5, 5.41) is 12.0. The van der Waals surface area contributed by atoms with E-state index in [1.165, 1.54) is 0 Å². The van der Waals surface area contributed by atoms with Gasteiger partial charge in [-0.05, 0) is 6.07 Å². The molecule has 0 saturated heterocycles. The Balaban J connectivity index is 0.00000176. The molecule has 114 valence electrons. The lowest BCUT2D eigenvalue weighted by molar-refractivity contribution is -0.659. The Morgan fingerprint density at radius 3 is 2.45 bits per heavy atom. The molecule has 3 nitrogen and oxygen atoms in total. The summed E-state index contributed by atoms with van der Waals surface area (Å²) in [6, 6.07) is 11.6. The molecule has 7 heteroatoms. The number of nitrogens with zero attached hydrogens (tertiary/aromatic N) is 2. The Hall–Kier alpha value is -2.26. The minimum atomic E-state index is -4.56. The first-order valence-electron chi connectivity index (χ1n) is 6.40. The maximum absolute atomic E-state index is 13.2. The predicted molar refractivity (Wildman–Crippen MR) is 70.3 cm³/mol. The lowest BCUT2D eigenvalue weighted by Gasteiger charge is -2.13. The number of hydrogen-bond donors (Lipinski definition) is 1. The second kappa shape index (κ2) is 5.85. The lowest BCUT2D eigenvalue weighted by Crippen LogP contribution is -3.00. The molecular weight excluding hydrogens is 315 g/mol. The summed E-state index contributed by atoms with van der Waals surface area (Å²) in [6.45, 7) is 1.04. The zero-order valence-electron chi connectivity index (χ0n) is 11.3. The smallest absolute Gasteiger partial charge is 0.418 e. The summed E-state index contributed by atoms with van der Waals surface area (Å²) in [7, 11) is 0. The molecule has 0 saturated carbocycles. The van der Waals surface area contributed by atoms with Gasteiger partial charge in [-0.25, -0.2) is 4.57 Å². The second-order valence-corrected chi connectivity index (χ2v) is 4.72. The molecule has 0 aliphatic carbocycles. The number of pyridine rings is 1. The second-order valence-electron chi connectivity index (χ2n) is 4.72. The Bertz CT molecular complexity index is 736. The molecule has 0 unspecified atom stereocenters. The largest absolute Gasteiger partial charge is 1.00 e. The molecule has 0 amide bonds. The number of hydrogen-bond acceptors (Lipinski definition) is 2. The van der Waals surface area contributed by atoms with Crippen molar-refractivity contribution in [1.82, 2.24) is 0 Å². The fraction of sp³-hybridized carbons (Fsp3) is 0.200. The van der Waals surface area contributed by atoms with Crippen LogP contribution in [0.1, 0.15) is 11.1 Å². The van der Waals surface area contributed by atoms with E-state index in [9.17, 15) is 13.2 Å². The van der Waals surface area contributed by atoms with Crippen LogP contribution in [0.3, 0.4) is 0 Å². The standard InChI is InChI=1S/C15H10F3N3.ClH/c16-15(17,18)12-8-13(10-4-2-1-3-5-10)21-7-6-20-14(21)11(12)9-19;/h1-5,8H,6-7H2;1H. The van der Waals surface area contributed by atoms with E-state index in [0.29, 0.717) is 24.3 Å². The van der Waals surface area contributed by atoms with E-state index in [4.69, 9.17) is 5.26 Å². The molecule has 0 fully saturated rings. The topological polar surface area (TPSA) is 39.7 Å². The number of anilines is 1. The van der Waals surface area contributed by atoms with Crippen molar-refractivity contribution in [3.8, 4) is 17.3 Å². The minimum absolute atomic E-state index is 0. The molecule has 1 aromatic carbocycles. The van der Waals surface area contributed by atoms with Gasteiger partial charge in [-0.1, -0.05) is 30.3 Å². The van der Waals surface area contributed by atoms with E-state index < -0.39 is 11.7 Å². The molecule has 22 heavy (non-hydrogen) atoms. The predicted octanol–water partition coefficient (Wildman–Crippen LogP) is -0.0389. The molecule has 0 atom stereocenters. The number of alkyl halides is 3. The van der Waals surface area contributed by atoms with Crippen LogP contribution >= 0.6 is 0 Å². The molecule has 2 aromatic rings. The van der Waals surface area contributed by atoms with Gasteiger partial charge in [-0.2, -0.15) is 18.4 Å². The molecule has 0 spiro atoms. The summed E-state index contributed by atoms with van der Waals surface area (Å²) in [5.41, 5.74) is -0.0939. The van der Waals surface area contributed by atoms with Gasteiger partial charge in [0.05, 0.1) is 5.56 Å². The molecule has 0 bridgehead atoms. The van der Waals surface area contributed by atoms with Crippen LogP contribution < -0.4 is 22.3 Å². The van der Waals surface area contributed by atoms with Crippen LogP contribution in [-0.4, -0.2) is 6.54 Å². The first-order chi connectivity index (χ1) is 10.0. The van der Waals surface area contributed by atoms with Crippen molar-refractivity contribution in [2.24, 2.45) is 0 Å². The normalized spacial score (nSPS) is 12.8. The van der Waals surface area contributed by atoms with Crippen molar-refractivity contribution in [2.45, 2.75) is 12.7 Å². The van der Waals surface area contributed by atoms with Crippen molar-refractivity contribution in [1.29, 1.82) is 5.26 Å². The van der Waals surface area contributed by atoms with E-state index in [2.05, 4.69) is 5.32 Å². The van der Waals surface area contributed by atoms with Crippen molar-refractivity contribution >= 4 is 5.82 Å². The molecule has 0 radical (unpaired) electrons. The van der Waals surface area contributed by atoms with Crippen LogP contribution in [0.4, 0.5) is 19.0 Å². The van der Waals surface area contributed by atoms with Crippen molar-refractivity contribution in [3.05, 3.63) is 47.5 Å². The number of aromatic nitrogens is 1. The van der Waals surface area contributed by atoms with Crippen molar-refractivity contribution < 1.29 is 30.1 Å². The first-order valence-corrected chi connectivity index (χ1v) is 6.40. The van der Waals surface area contributed by atoms with Crippen LogP contribution in [0.5, 0.6) is 0 Å². The van der Waals surface area contributed by atoms with Gasteiger partial charge in [0, 0.05) is 5.56 Å². The fourth-order valence-electron chi connectivity index (χ4n) is 2.56. The van der Waals surface area contributed by atoms with Gasteiger partial charge in [0.25, 0.3) is 5.82 Å². The van der Waals surface area contributed by atoms with Crippen LogP contribution in [0.15, 0.2) is 36.4 Å². The van der Waals surface area contributed by atoms with Gasteiger partial charge in [0.15, 0.2) is 5.56 Å². The minimum Gasteiger partial charge on any atom is -1.00 e. The van der Waals surface area contributed by atoms with E-state index in [1.54, 1.807) is 41.0 Å². The highest BCUT2D eigenvalue weighted by Gasteiger charge is 2.40. The van der Waals surface area contributed by atoms with Gasteiger partial charge in [0.2, 0.25) is 0 Å². The number of benzene rings is 1. The lowest BCUT2D eigenvalue weighted by atomic mass is 10.0. The molecule has 1 aliphatic heterocycles. The zero-order chi connectivity index (χ0) is 15.0. The molecule has 2 heterocycles. The van der Waals surface area contributed by atoms with Crippen LogP contribution in [0.2, 0.25) is 0 Å². The maximum atomic E-state index is 13.2. The summed E-state index contributed by atoms with van der Waals surface area (Å²) < 4.78 is 41.4. The van der Waals surface area contributed by atoms with E-state index in [-0.39, 0.29) is 23.8 Å². The molecule has 3 rings (SSSR count). The van der Waals surface area contributed by atoms with Crippen LogP contribution in [-0.2, 0) is 12.7 Å². The SMILES string of the molecule is N#Cc1c(C(F)(F)F)cc(-c2ccccc2)[n+]2c1NCC2.[Cl-]. The van der Waals surface area contributed by atoms with Crippen LogP contribution in [0.25, 0.3) is 11.3 Å². The Kier molecular flexibility index (Phi) is 4.29. The quantitative estimate of drug-likeness (QED) is 0.748. The van der Waals surface area contributed by atoms with Crippen molar-refractivity contribution in [2.75, 3.05) is 11.9 Å². The Morgan fingerprint density at radius 1 is 1.18 bits per heavy atom. The number of halogens is 4. The average molecular weight is 326 g/mol. The van der Waals surface area contributed by atoms with Gasteiger partial charge >= 0.3 is 6.18 Å². The summed E-state index contributed by atoms with van der Waals surface area (Å²) in [5.74, 6) is 0.242. The number of fused-ring (bicyclic) bond motifs is 1. The van der Waals surface area contributed by atoms with Gasteiger partial charge in [-0.15, -0.1) is 0 Å². The van der Waals surface area contributed by atoms with Gasteiger partial charge < -0.3 is 12.4 Å². The van der Waals surface area contributed by atoms with Crippen LogP contribution in [0, 0.1) is 11.3 Å². The zero-order valence-corrected chi connectivity index (χ0v) is 12.0. The summed E-state index contributed by atoms with van der Waals surface area (Å²) in [4.78, 5) is 0. The van der Waals surface area contributed by atoms with Gasteiger partial charge in [-0.3, -0.25) is 5.32 Å². The number of rotatable bonds is 1. The Morgan fingerprint density at radius 2 is 1.86 bits per heavy atom. The average Bonchev–Trinajstić information content (AvgIpc) is 2.94. The fourth-order valence-corrected chi connectivity index (χ4v) is 2.56. The monoisotopic (exact) mass is 325 g/mol. The Labute approximate surface area is 131 Å². The summed E-state index contributed by atoms with van der Waals surface area (Å²) >= 11 is 0. The molecule has 1 aromatic heterocycles. The highest BCUT2D eigenvalue weighted by molar-refractivity contribution is 5.64. The van der Waals surface area contributed by atoms with E-state index in [1.807, 2.05) is 0 Å². The first kappa shape index (κ1) is 16.1. The highest BCUT2D eigenvalue weighted by atomic mass is 35.5. The maximum Gasteiger partial charge on any atom is 0.418 e. The van der Waals surface area contributed by atoms with E-state index >= 15 is 0 Å². The number of nitrogens with one attached hydrogen (secondary N) is 1. The third-order valence-corrected chi connectivity index (χ3v) is 3.46. The third kappa shape index (κ3) is 2.60. The van der Waals surface area contributed by atoms with Gasteiger partial charge in [0.1, 0.15) is 24.9 Å².